The molecule has 0 bridgehead atoms. The summed E-state index contributed by atoms with van der Waals surface area (Å²) in [5.41, 5.74) is 1.10. The maximum Gasteiger partial charge on any atom is 0.338 e. The Morgan fingerprint density at radius 2 is 1.94 bits per heavy atom. The summed E-state index contributed by atoms with van der Waals surface area (Å²) < 4.78 is 45.1. The number of rotatable bonds is 8. The molecule has 0 aliphatic rings. The largest absolute Gasteiger partial charge is 0.462 e. The number of thiazole rings is 1. The quantitative estimate of drug-likeness (QED) is 0.275. The Balaban J connectivity index is 1.78. The van der Waals surface area contributed by atoms with Gasteiger partial charge in [0.2, 0.25) is 5.91 Å². The zero-order chi connectivity index (χ0) is 24.0. The SMILES string of the molecule is C#CCn1c(=NC(=O)CCCS(=O)(=O)c2ccc(F)cc2)sc2cc(C(=O)OCC)ccc21. The van der Waals surface area contributed by atoms with E-state index in [-0.39, 0.29) is 36.6 Å². The maximum absolute atomic E-state index is 13.0. The van der Waals surface area contributed by atoms with Crippen LogP contribution in [0.5, 0.6) is 0 Å². The van der Waals surface area contributed by atoms with E-state index in [0.29, 0.717) is 15.1 Å². The lowest BCUT2D eigenvalue weighted by Crippen LogP contribution is -2.17. The van der Waals surface area contributed by atoms with Crippen LogP contribution in [-0.2, 0) is 25.9 Å². The van der Waals surface area contributed by atoms with E-state index in [1.54, 1.807) is 29.7 Å². The molecule has 3 rings (SSSR count). The molecule has 1 amide bonds. The highest BCUT2D eigenvalue weighted by Gasteiger charge is 2.16. The average molecular weight is 489 g/mol. The van der Waals surface area contributed by atoms with Crippen molar-refractivity contribution in [1.82, 2.24) is 4.57 Å². The zero-order valence-electron chi connectivity index (χ0n) is 17.8. The normalized spacial score (nSPS) is 12.0. The number of esters is 1. The van der Waals surface area contributed by atoms with Crippen molar-refractivity contribution in [2.75, 3.05) is 12.4 Å². The molecule has 2 aromatic carbocycles. The van der Waals surface area contributed by atoms with Crippen LogP contribution in [-0.4, -0.2) is 37.2 Å². The number of sulfone groups is 1. The van der Waals surface area contributed by atoms with Gasteiger partial charge in [-0.25, -0.2) is 17.6 Å². The van der Waals surface area contributed by atoms with E-state index in [0.717, 1.165) is 17.6 Å². The van der Waals surface area contributed by atoms with E-state index in [4.69, 9.17) is 11.2 Å². The fourth-order valence-electron chi connectivity index (χ4n) is 3.08. The predicted molar refractivity (Wildman–Crippen MR) is 123 cm³/mol. The molecule has 0 N–H and O–H groups in total. The van der Waals surface area contributed by atoms with Gasteiger partial charge in [0.15, 0.2) is 14.6 Å². The highest BCUT2D eigenvalue weighted by molar-refractivity contribution is 7.91. The molecule has 0 atom stereocenters. The molecule has 0 spiro atoms. The summed E-state index contributed by atoms with van der Waals surface area (Å²) in [6.45, 7) is 2.14. The minimum atomic E-state index is -3.63. The first-order valence-electron chi connectivity index (χ1n) is 10.0. The van der Waals surface area contributed by atoms with Crippen LogP contribution in [0.1, 0.15) is 30.1 Å². The summed E-state index contributed by atoms with van der Waals surface area (Å²) in [7, 11) is -3.63. The van der Waals surface area contributed by atoms with Crippen LogP contribution >= 0.6 is 11.3 Å². The molecule has 0 aliphatic carbocycles. The molecule has 0 saturated heterocycles. The van der Waals surface area contributed by atoms with Crippen molar-refractivity contribution in [3.05, 3.63) is 58.6 Å². The number of halogens is 1. The topological polar surface area (TPSA) is 94.8 Å². The molecular formula is C23H21FN2O5S2. The van der Waals surface area contributed by atoms with Crippen molar-refractivity contribution in [2.45, 2.75) is 31.2 Å². The summed E-state index contributed by atoms with van der Waals surface area (Å²) in [4.78, 5) is 28.9. The lowest BCUT2D eigenvalue weighted by atomic mass is 10.2. The average Bonchev–Trinajstić information content (AvgIpc) is 3.10. The molecule has 10 heteroatoms. The molecule has 0 radical (unpaired) electrons. The first kappa shape index (κ1) is 24.4. The second-order valence-electron chi connectivity index (χ2n) is 6.96. The number of benzene rings is 2. The van der Waals surface area contributed by atoms with Crippen molar-refractivity contribution in [3.8, 4) is 12.3 Å². The second-order valence-corrected chi connectivity index (χ2v) is 10.1. The van der Waals surface area contributed by atoms with Crippen molar-refractivity contribution in [2.24, 2.45) is 4.99 Å². The molecular weight excluding hydrogens is 467 g/mol. The third-order valence-corrected chi connectivity index (χ3v) is 7.50. The van der Waals surface area contributed by atoms with Gasteiger partial charge < -0.3 is 9.30 Å². The summed E-state index contributed by atoms with van der Waals surface area (Å²) in [5.74, 6) is 0.784. The highest BCUT2D eigenvalue weighted by atomic mass is 32.2. The number of hydrogen-bond donors (Lipinski definition) is 0. The first-order valence-corrected chi connectivity index (χ1v) is 12.5. The highest BCUT2D eigenvalue weighted by Crippen LogP contribution is 2.20. The van der Waals surface area contributed by atoms with Crippen LogP contribution in [0.3, 0.4) is 0 Å². The molecule has 172 valence electrons. The molecule has 33 heavy (non-hydrogen) atoms. The minimum Gasteiger partial charge on any atom is -0.462 e. The van der Waals surface area contributed by atoms with Gasteiger partial charge in [-0.2, -0.15) is 4.99 Å². The molecule has 3 aromatic rings. The number of amides is 1. The molecule has 1 aromatic heterocycles. The fourth-order valence-corrected chi connectivity index (χ4v) is 5.48. The van der Waals surface area contributed by atoms with E-state index in [1.807, 2.05) is 0 Å². The monoisotopic (exact) mass is 488 g/mol. The van der Waals surface area contributed by atoms with Gasteiger partial charge in [0, 0.05) is 6.42 Å². The van der Waals surface area contributed by atoms with Crippen LogP contribution in [0.2, 0.25) is 0 Å². The van der Waals surface area contributed by atoms with Gasteiger partial charge in [-0.3, -0.25) is 4.79 Å². The van der Waals surface area contributed by atoms with Crippen molar-refractivity contribution in [1.29, 1.82) is 0 Å². The first-order chi connectivity index (χ1) is 15.7. The van der Waals surface area contributed by atoms with Crippen molar-refractivity contribution < 1.29 is 27.1 Å². The molecule has 0 aliphatic heterocycles. The van der Waals surface area contributed by atoms with Crippen molar-refractivity contribution >= 4 is 43.3 Å². The second kappa shape index (κ2) is 10.6. The van der Waals surface area contributed by atoms with Crippen molar-refractivity contribution in [3.63, 3.8) is 0 Å². The summed E-state index contributed by atoms with van der Waals surface area (Å²) in [5, 5.41) is 0. The fraction of sp³-hybridized carbons (Fsp3) is 0.261. The predicted octanol–water partition coefficient (Wildman–Crippen LogP) is 3.33. The number of ether oxygens (including phenoxy) is 1. The van der Waals surface area contributed by atoms with E-state index in [9.17, 15) is 22.4 Å². The zero-order valence-corrected chi connectivity index (χ0v) is 19.4. The van der Waals surface area contributed by atoms with Gasteiger partial charge in [-0.15, -0.1) is 6.42 Å². The van der Waals surface area contributed by atoms with Crippen LogP contribution in [0.25, 0.3) is 10.2 Å². The Labute approximate surface area is 194 Å². The molecule has 0 unspecified atom stereocenters. The van der Waals surface area contributed by atoms with Gasteiger partial charge >= 0.3 is 5.97 Å². The van der Waals surface area contributed by atoms with Crippen LogP contribution < -0.4 is 4.80 Å². The number of carbonyl (C=O) groups excluding carboxylic acids is 2. The lowest BCUT2D eigenvalue weighted by molar-refractivity contribution is -0.118. The van der Waals surface area contributed by atoms with Gasteiger partial charge in [0.05, 0.1) is 39.6 Å². The number of nitrogens with zero attached hydrogens (tertiary/aromatic N) is 2. The van der Waals surface area contributed by atoms with Gasteiger partial charge in [-0.05, 0) is 55.8 Å². The molecule has 0 saturated carbocycles. The molecule has 1 heterocycles. The Morgan fingerprint density at radius 3 is 2.61 bits per heavy atom. The number of fused-ring (bicyclic) bond motifs is 1. The smallest absolute Gasteiger partial charge is 0.338 e. The Morgan fingerprint density at radius 1 is 1.21 bits per heavy atom. The van der Waals surface area contributed by atoms with E-state index in [1.165, 1.54) is 23.5 Å². The third kappa shape index (κ3) is 5.94. The van der Waals surface area contributed by atoms with E-state index in [2.05, 4.69) is 10.9 Å². The summed E-state index contributed by atoms with van der Waals surface area (Å²) >= 11 is 1.20. The number of terminal acetylenes is 1. The summed E-state index contributed by atoms with van der Waals surface area (Å²) in [6, 6.07) is 9.53. The Bertz CT molecular complexity index is 1400. The number of carbonyl (C=O) groups is 2. The number of hydrogen-bond acceptors (Lipinski definition) is 6. The van der Waals surface area contributed by atoms with Gasteiger partial charge in [0.25, 0.3) is 0 Å². The maximum atomic E-state index is 13.0. The molecule has 7 nitrogen and oxygen atoms in total. The Hall–Kier alpha value is -3.29. The lowest BCUT2D eigenvalue weighted by Gasteiger charge is -2.04. The Kier molecular flexibility index (Phi) is 7.79. The molecule has 0 fully saturated rings. The standard InChI is InChI=1S/C23H21FN2O5S2/c1-3-13-26-19-12-7-16(22(28)31-4-2)15-20(19)32-23(26)25-21(27)6-5-14-33(29,30)18-10-8-17(24)9-11-18/h1,7-12,15H,4-6,13-14H2,2H3. The van der Waals surface area contributed by atoms with E-state index < -0.39 is 27.5 Å². The minimum absolute atomic E-state index is 0.00191. The van der Waals surface area contributed by atoms with Crippen LogP contribution in [0, 0.1) is 18.2 Å². The number of aromatic nitrogens is 1. The van der Waals surface area contributed by atoms with Gasteiger partial charge in [-0.1, -0.05) is 17.3 Å². The van der Waals surface area contributed by atoms with Crippen LogP contribution in [0.15, 0.2) is 52.4 Å². The summed E-state index contributed by atoms with van der Waals surface area (Å²) in [6.07, 6.45) is 5.44. The van der Waals surface area contributed by atoms with Crippen LogP contribution in [0.4, 0.5) is 4.39 Å². The van der Waals surface area contributed by atoms with Gasteiger partial charge in [0.1, 0.15) is 5.82 Å². The van der Waals surface area contributed by atoms with E-state index >= 15 is 0 Å². The third-order valence-electron chi connectivity index (χ3n) is 4.64.